The predicted molar refractivity (Wildman–Crippen MR) is 269 cm³/mol. The topological polar surface area (TPSA) is 314 Å². The Kier molecular flexibility index (Phi) is 20.2. The molecule has 6 aromatic carbocycles. The van der Waals surface area contributed by atoms with Crippen molar-refractivity contribution in [3.63, 3.8) is 0 Å². The van der Waals surface area contributed by atoms with Crippen LogP contribution < -0.4 is 15.2 Å². The molecule has 0 heterocycles. The quantitative estimate of drug-likeness (QED) is 0.0564. The lowest BCUT2D eigenvalue weighted by Gasteiger charge is -2.19. The number of nitrogens with one attached hydrogen (secondary N) is 2. The van der Waals surface area contributed by atoms with E-state index in [0.717, 1.165) is 0 Å². The zero-order valence-corrected chi connectivity index (χ0v) is 42.5. The summed E-state index contributed by atoms with van der Waals surface area (Å²) in [6.45, 7) is 10.8. The van der Waals surface area contributed by atoms with E-state index in [1.165, 1.54) is 121 Å². The van der Waals surface area contributed by atoms with Gasteiger partial charge in [0.2, 0.25) is 0 Å². The molecule has 18 nitrogen and oxygen atoms in total. The minimum Gasteiger partial charge on any atom is -0.478 e. The molecule has 0 aliphatic carbocycles. The van der Waals surface area contributed by atoms with E-state index in [1.807, 2.05) is 39.0 Å². The first-order valence-electron chi connectivity index (χ1n) is 20.7. The number of nitriles is 3. The fourth-order valence-electron chi connectivity index (χ4n) is 5.19. The van der Waals surface area contributed by atoms with Crippen LogP contribution in [0.5, 0.6) is 0 Å². The smallest absolute Gasteiger partial charge is 0.338 e. The largest absolute Gasteiger partial charge is 0.478 e. The van der Waals surface area contributed by atoms with Crippen LogP contribution in [0.2, 0.25) is 0 Å². The number of esters is 2. The number of carbonyl (C=O) groups is 3. The molecular weight excluding hydrogens is 1010 g/mol. The Balaban J connectivity index is 0.000000264. The molecule has 0 radical (unpaired) electrons. The molecule has 5 N–H and O–H groups in total. The summed E-state index contributed by atoms with van der Waals surface area (Å²) in [6.07, 6.45) is 0. The Morgan fingerprint density at radius 1 is 0.486 bits per heavy atom. The Bertz CT molecular complexity index is 3320. The van der Waals surface area contributed by atoms with Gasteiger partial charge in [0.15, 0.2) is 0 Å². The number of carbonyl (C=O) groups excluding carboxylic acids is 2. The van der Waals surface area contributed by atoms with Crippen molar-refractivity contribution < 1.29 is 54.2 Å². The average Bonchev–Trinajstić information content (AvgIpc) is 3.31. The van der Waals surface area contributed by atoms with Crippen molar-refractivity contribution in [2.45, 2.75) is 67.4 Å². The third-order valence-corrected chi connectivity index (χ3v) is 12.7. The van der Waals surface area contributed by atoms with E-state index >= 15 is 0 Å². The van der Waals surface area contributed by atoms with E-state index in [0.29, 0.717) is 39.2 Å². The zero-order chi connectivity index (χ0) is 54.1. The van der Waals surface area contributed by atoms with Crippen molar-refractivity contribution in [3.8, 4) is 18.2 Å². The number of hydrogen-bond acceptors (Lipinski definition) is 15. The van der Waals surface area contributed by atoms with Crippen molar-refractivity contribution in [2.24, 2.45) is 0 Å². The van der Waals surface area contributed by atoms with Crippen LogP contribution in [0.3, 0.4) is 0 Å². The van der Waals surface area contributed by atoms with Crippen LogP contribution in [-0.2, 0) is 38.6 Å². The molecule has 0 unspecified atom stereocenters. The lowest BCUT2D eigenvalue weighted by atomic mass is 10.1. The number of ether oxygens (including phenoxy) is 2. The zero-order valence-electron chi connectivity index (χ0n) is 39.3. The number of nitrogens with zero attached hydrogens (tertiary/aromatic N) is 3. The Labute approximate surface area is 422 Å². The van der Waals surface area contributed by atoms with Crippen LogP contribution in [0.15, 0.2) is 160 Å². The third kappa shape index (κ3) is 19.6. The molecule has 374 valence electrons. The maximum Gasteiger partial charge on any atom is 0.338 e. The highest BCUT2D eigenvalue weighted by atomic mass is 35.7. The first-order chi connectivity index (χ1) is 33.4. The van der Waals surface area contributed by atoms with Gasteiger partial charge in [0.1, 0.15) is 11.2 Å². The number of carboxylic acids is 1. The lowest BCUT2D eigenvalue weighted by molar-refractivity contribution is 0.00570. The molecule has 0 saturated carbocycles. The van der Waals surface area contributed by atoms with Crippen LogP contribution in [0.1, 0.15) is 89.3 Å². The second-order valence-electron chi connectivity index (χ2n) is 16.6. The number of aromatic carboxylic acids is 1. The van der Waals surface area contributed by atoms with Crippen molar-refractivity contribution in [2.75, 3.05) is 15.2 Å². The first-order valence-corrected chi connectivity index (χ1v) is 26.0. The number of carboxylic acid groups (broad SMARTS) is 1. The monoisotopic (exact) mass is 1050 g/mol. The summed E-state index contributed by atoms with van der Waals surface area (Å²) in [5.41, 5.74) is 7.70. The second kappa shape index (κ2) is 25.0. The molecule has 0 atom stereocenters. The summed E-state index contributed by atoms with van der Waals surface area (Å²) < 4.78 is 85.5. The van der Waals surface area contributed by atoms with Gasteiger partial charge in [-0.3, -0.25) is 9.44 Å². The van der Waals surface area contributed by atoms with Gasteiger partial charge in [0.25, 0.3) is 29.1 Å². The molecular formula is C50H47ClN6O12S3. The van der Waals surface area contributed by atoms with Gasteiger partial charge in [-0.25, -0.2) is 39.6 Å². The summed E-state index contributed by atoms with van der Waals surface area (Å²) in [7, 11) is -6.18. The van der Waals surface area contributed by atoms with Crippen molar-refractivity contribution in [1.82, 2.24) is 0 Å². The second-order valence-corrected chi connectivity index (χ2v) is 22.6. The van der Waals surface area contributed by atoms with E-state index in [2.05, 4.69) is 9.44 Å². The molecule has 0 fully saturated rings. The van der Waals surface area contributed by atoms with Gasteiger partial charge in [-0.2, -0.15) is 15.8 Å². The van der Waals surface area contributed by atoms with Crippen LogP contribution in [0.4, 0.5) is 17.1 Å². The molecule has 0 aliphatic heterocycles. The van der Waals surface area contributed by atoms with Crippen molar-refractivity contribution >= 4 is 74.7 Å². The molecule has 22 heteroatoms. The number of nitrogens with two attached hydrogens (primary N) is 1. The van der Waals surface area contributed by atoms with Gasteiger partial charge in [-0.1, -0.05) is 0 Å². The van der Waals surface area contributed by atoms with E-state index in [9.17, 15) is 39.6 Å². The molecule has 72 heavy (non-hydrogen) atoms. The highest BCUT2D eigenvalue weighted by Crippen LogP contribution is 2.21. The summed E-state index contributed by atoms with van der Waals surface area (Å²) in [5.74, 6) is -1.89. The minimum absolute atomic E-state index is 0.00293. The van der Waals surface area contributed by atoms with E-state index < -0.39 is 52.2 Å². The normalized spacial score (nSPS) is 11.0. The summed E-state index contributed by atoms with van der Waals surface area (Å²) in [6, 6.07) is 40.1. The van der Waals surface area contributed by atoms with E-state index in [4.69, 9.17) is 46.8 Å². The van der Waals surface area contributed by atoms with Gasteiger partial charge >= 0.3 is 17.9 Å². The van der Waals surface area contributed by atoms with Crippen molar-refractivity contribution in [3.05, 3.63) is 179 Å². The average molecular weight is 1060 g/mol. The fourth-order valence-corrected chi connectivity index (χ4v) is 8.07. The highest BCUT2D eigenvalue weighted by Gasteiger charge is 2.20. The first kappa shape index (κ1) is 58.1. The number of benzene rings is 6. The van der Waals surface area contributed by atoms with Crippen LogP contribution in [0, 0.1) is 34.0 Å². The number of hydrogen-bond donors (Lipinski definition) is 4. The number of sulfonamides is 2. The summed E-state index contributed by atoms with van der Waals surface area (Å²) in [5, 5.41) is 34.6. The minimum atomic E-state index is -3.78. The number of nitrogen functional groups attached to an aromatic ring is 1. The lowest BCUT2D eigenvalue weighted by Crippen LogP contribution is -2.23. The number of rotatable bonds is 10. The summed E-state index contributed by atoms with van der Waals surface area (Å²) in [4.78, 5) is 34.2. The van der Waals surface area contributed by atoms with E-state index in [1.54, 1.807) is 45.0 Å². The third-order valence-electron chi connectivity index (χ3n) is 8.55. The van der Waals surface area contributed by atoms with Crippen molar-refractivity contribution in [1.29, 1.82) is 15.8 Å². The maximum atomic E-state index is 12.3. The predicted octanol–water partition coefficient (Wildman–Crippen LogP) is 9.08. The molecule has 0 aromatic heterocycles. The molecule has 0 spiro atoms. The number of anilines is 3. The SMILES string of the molecule is CC(C)(C)OC(=O)c1ccc(N)cc1.CC(C)(C)OC(=O)c1ccc(NS(=O)(=O)c2ccc(C#N)cc2)cc1.N#Cc1ccc(S(=O)(=O)Cl)cc1.N#Cc1ccc(S(=O)(=O)Nc2ccc(C(=O)O)cc2)cc1. The van der Waals surface area contributed by atoms with Gasteiger partial charge < -0.3 is 20.3 Å². The van der Waals surface area contributed by atoms with Crippen LogP contribution >= 0.6 is 10.7 Å². The molecule has 0 amide bonds. The van der Waals surface area contributed by atoms with Crippen LogP contribution in [0.25, 0.3) is 0 Å². The number of halogens is 1. The Morgan fingerprint density at radius 2 is 0.764 bits per heavy atom. The van der Waals surface area contributed by atoms with Gasteiger partial charge in [0.05, 0.1) is 66.3 Å². The van der Waals surface area contributed by atoms with E-state index in [-0.39, 0.29) is 31.9 Å². The highest BCUT2D eigenvalue weighted by molar-refractivity contribution is 8.13. The fraction of sp³-hybridized carbons (Fsp3) is 0.160. The molecule has 0 aliphatic rings. The molecule has 0 bridgehead atoms. The Morgan fingerprint density at radius 3 is 1.03 bits per heavy atom. The molecule has 6 rings (SSSR count). The Hall–Kier alpha value is -8.26. The summed E-state index contributed by atoms with van der Waals surface area (Å²) >= 11 is 0. The molecule has 6 aromatic rings. The standard InChI is InChI=1S/C18H18N2O4S.C14H10N2O4S.C11H15NO2.C7H4ClNO2S/c1-18(2,3)24-17(21)14-6-8-15(9-7-14)20-25(22,23)16-10-4-13(12-19)5-11-16;15-9-10-1-7-13(8-2-10)21(19,20)16-12-5-3-11(4-6-12)14(17)18;1-11(2,3)14-10(13)8-4-6-9(12)7-5-8;8-12(10,11)7-3-1-6(5-9)2-4-7/h4-11,20H,1-3H3;1-8,16H,(H,17,18);4-7H,12H2,1-3H3;1-4H. The van der Waals surface area contributed by atoms with Gasteiger partial charge in [-0.15, -0.1) is 0 Å². The maximum absolute atomic E-state index is 12.3. The van der Waals surface area contributed by atoms with Gasteiger partial charge in [-0.05, 0) is 187 Å². The van der Waals surface area contributed by atoms with Gasteiger partial charge in [0, 0.05) is 27.7 Å². The molecule has 0 saturated heterocycles. The van der Waals surface area contributed by atoms with Crippen LogP contribution in [-0.4, -0.2) is 59.5 Å².